The standard InChI is InChI=1S/C11H24ClNO/c1-10(2)13(8-9-14)7-5-11(3)4-6-12/h10-11,14H,4-9H2,1-3H3. The molecular weight excluding hydrogens is 198 g/mol. The molecule has 0 aliphatic carbocycles. The molecule has 3 heteroatoms. The Kier molecular flexibility index (Phi) is 8.64. The van der Waals surface area contributed by atoms with Gasteiger partial charge in [0.15, 0.2) is 0 Å². The van der Waals surface area contributed by atoms with Crippen molar-refractivity contribution in [3.8, 4) is 0 Å². The van der Waals surface area contributed by atoms with Crippen molar-refractivity contribution in [1.82, 2.24) is 4.90 Å². The maximum Gasteiger partial charge on any atom is 0.0558 e. The number of rotatable bonds is 8. The molecule has 0 amide bonds. The largest absolute Gasteiger partial charge is 0.395 e. The van der Waals surface area contributed by atoms with Crippen LogP contribution < -0.4 is 0 Å². The summed E-state index contributed by atoms with van der Waals surface area (Å²) in [5, 5.41) is 8.89. The van der Waals surface area contributed by atoms with Gasteiger partial charge in [0.05, 0.1) is 6.61 Å². The van der Waals surface area contributed by atoms with Crippen LogP contribution in [-0.4, -0.2) is 41.6 Å². The first-order valence-corrected chi connectivity index (χ1v) is 6.06. The van der Waals surface area contributed by atoms with Crippen molar-refractivity contribution >= 4 is 11.6 Å². The van der Waals surface area contributed by atoms with Crippen LogP contribution in [0.4, 0.5) is 0 Å². The van der Waals surface area contributed by atoms with Crippen LogP contribution in [0.15, 0.2) is 0 Å². The highest BCUT2D eigenvalue weighted by Crippen LogP contribution is 2.10. The van der Waals surface area contributed by atoms with Crippen LogP contribution in [0.5, 0.6) is 0 Å². The van der Waals surface area contributed by atoms with Crippen molar-refractivity contribution in [1.29, 1.82) is 0 Å². The quantitative estimate of drug-likeness (QED) is 0.637. The van der Waals surface area contributed by atoms with Gasteiger partial charge in [0.1, 0.15) is 0 Å². The van der Waals surface area contributed by atoms with Gasteiger partial charge in [-0.25, -0.2) is 0 Å². The molecule has 14 heavy (non-hydrogen) atoms. The molecule has 1 N–H and O–H groups in total. The van der Waals surface area contributed by atoms with E-state index in [1.165, 1.54) is 6.42 Å². The third-order valence-electron chi connectivity index (χ3n) is 2.63. The second kappa shape index (κ2) is 8.51. The van der Waals surface area contributed by atoms with E-state index in [9.17, 15) is 0 Å². The molecule has 0 radical (unpaired) electrons. The summed E-state index contributed by atoms with van der Waals surface area (Å²) in [6, 6.07) is 0.519. The van der Waals surface area contributed by atoms with E-state index in [4.69, 9.17) is 16.7 Å². The second-order valence-corrected chi connectivity index (χ2v) is 4.60. The van der Waals surface area contributed by atoms with Gasteiger partial charge in [-0.05, 0) is 39.2 Å². The number of hydrogen-bond donors (Lipinski definition) is 1. The van der Waals surface area contributed by atoms with Crippen LogP contribution in [-0.2, 0) is 0 Å². The van der Waals surface area contributed by atoms with Gasteiger partial charge >= 0.3 is 0 Å². The molecule has 0 bridgehead atoms. The third-order valence-corrected chi connectivity index (χ3v) is 2.85. The van der Waals surface area contributed by atoms with E-state index in [1.807, 2.05) is 0 Å². The molecular formula is C11H24ClNO. The van der Waals surface area contributed by atoms with E-state index in [2.05, 4.69) is 25.7 Å². The molecule has 0 saturated heterocycles. The predicted octanol–water partition coefficient (Wildman–Crippen LogP) is 2.34. The van der Waals surface area contributed by atoms with E-state index in [0.29, 0.717) is 12.0 Å². The zero-order valence-corrected chi connectivity index (χ0v) is 10.4. The lowest BCUT2D eigenvalue weighted by Crippen LogP contribution is -2.35. The van der Waals surface area contributed by atoms with E-state index >= 15 is 0 Å². The Hall–Kier alpha value is 0.210. The van der Waals surface area contributed by atoms with Crippen molar-refractivity contribution in [2.24, 2.45) is 5.92 Å². The number of halogens is 1. The molecule has 0 rings (SSSR count). The lowest BCUT2D eigenvalue weighted by molar-refractivity contribution is 0.158. The summed E-state index contributed by atoms with van der Waals surface area (Å²) in [5.74, 6) is 1.44. The lowest BCUT2D eigenvalue weighted by atomic mass is 10.0. The minimum atomic E-state index is 0.252. The van der Waals surface area contributed by atoms with Crippen LogP contribution in [0.2, 0.25) is 0 Å². The molecule has 0 aliphatic rings. The molecule has 0 aromatic heterocycles. The Balaban J connectivity index is 3.69. The molecule has 0 fully saturated rings. The first kappa shape index (κ1) is 14.2. The van der Waals surface area contributed by atoms with Gasteiger partial charge in [0.25, 0.3) is 0 Å². The molecule has 0 spiro atoms. The Bertz CT molecular complexity index is 130. The van der Waals surface area contributed by atoms with Gasteiger partial charge in [-0.3, -0.25) is 4.90 Å². The fourth-order valence-corrected chi connectivity index (χ4v) is 1.85. The van der Waals surface area contributed by atoms with Crippen LogP contribution in [0.1, 0.15) is 33.6 Å². The minimum Gasteiger partial charge on any atom is -0.395 e. The molecule has 1 atom stereocenters. The van der Waals surface area contributed by atoms with Crippen molar-refractivity contribution in [3.63, 3.8) is 0 Å². The highest BCUT2D eigenvalue weighted by atomic mass is 35.5. The molecule has 0 saturated carbocycles. The topological polar surface area (TPSA) is 23.5 Å². The number of aliphatic hydroxyl groups is 1. The Morgan fingerprint density at radius 3 is 2.21 bits per heavy atom. The monoisotopic (exact) mass is 221 g/mol. The molecule has 0 heterocycles. The van der Waals surface area contributed by atoms with Gasteiger partial charge in [-0.1, -0.05) is 6.92 Å². The molecule has 0 aromatic rings. The van der Waals surface area contributed by atoms with Crippen molar-refractivity contribution < 1.29 is 5.11 Å². The fourth-order valence-electron chi connectivity index (χ4n) is 1.47. The smallest absolute Gasteiger partial charge is 0.0558 e. The summed E-state index contributed by atoms with van der Waals surface area (Å²) < 4.78 is 0. The number of hydrogen-bond acceptors (Lipinski definition) is 2. The molecule has 0 aromatic carbocycles. The number of alkyl halides is 1. The van der Waals surface area contributed by atoms with Gasteiger partial charge < -0.3 is 5.11 Å². The summed E-state index contributed by atoms with van der Waals surface area (Å²) in [5.41, 5.74) is 0. The van der Waals surface area contributed by atoms with Crippen molar-refractivity contribution in [2.45, 2.75) is 39.7 Å². The fraction of sp³-hybridized carbons (Fsp3) is 1.00. The number of nitrogens with zero attached hydrogens (tertiary/aromatic N) is 1. The summed E-state index contributed by atoms with van der Waals surface area (Å²) in [6.07, 6.45) is 2.26. The van der Waals surface area contributed by atoms with Crippen LogP contribution in [0, 0.1) is 5.92 Å². The highest BCUT2D eigenvalue weighted by Gasteiger charge is 2.10. The summed E-state index contributed by atoms with van der Waals surface area (Å²) in [4.78, 5) is 2.31. The summed E-state index contributed by atoms with van der Waals surface area (Å²) in [6.45, 7) is 8.67. The van der Waals surface area contributed by atoms with Crippen LogP contribution in [0.3, 0.4) is 0 Å². The maximum absolute atomic E-state index is 8.89. The van der Waals surface area contributed by atoms with E-state index in [-0.39, 0.29) is 6.61 Å². The van der Waals surface area contributed by atoms with E-state index in [1.54, 1.807) is 0 Å². The van der Waals surface area contributed by atoms with E-state index < -0.39 is 0 Å². The first-order valence-electron chi connectivity index (χ1n) is 5.52. The zero-order valence-electron chi connectivity index (χ0n) is 9.67. The lowest BCUT2D eigenvalue weighted by Gasteiger charge is -2.26. The second-order valence-electron chi connectivity index (χ2n) is 4.22. The molecule has 86 valence electrons. The van der Waals surface area contributed by atoms with E-state index in [0.717, 1.165) is 25.4 Å². The first-order chi connectivity index (χ1) is 6.61. The third kappa shape index (κ3) is 6.63. The normalized spacial score (nSPS) is 13.9. The van der Waals surface area contributed by atoms with Crippen LogP contribution >= 0.6 is 11.6 Å². The minimum absolute atomic E-state index is 0.252. The molecule has 2 nitrogen and oxygen atoms in total. The van der Waals surface area contributed by atoms with Crippen LogP contribution in [0.25, 0.3) is 0 Å². The average molecular weight is 222 g/mol. The van der Waals surface area contributed by atoms with Gasteiger partial charge in [0, 0.05) is 18.5 Å². The Labute approximate surface area is 93.2 Å². The number of aliphatic hydroxyl groups excluding tert-OH is 1. The van der Waals surface area contributed by atoms with Gasteiger partial charge in [0.2, 0.25) is 0 Å². The maximum atomic E-state index is 8.89. The average Bonchev–Trinajstić information content (AvgIpc) is 2.12. The predicted molar refractivity (Wildman–Crippen MR) is 62.9 cm³/mol. The van der Waals surface area contributed by atoms with Crippen molar-refractivity contribution in [2.75, 3.05) is 25.6 Å². The zero-order chi connectivity index (χ0) is 11.0. The van der Waals surface area contributed by atoms with Crippen molar-refractivity contribution in [3.05, 3.63) is 0 Å². The Morgan fingerprint density at radius 1 is 1.14 bits per heavy atom. The molecule has 0 aliphatic heterocycles. The summed E-state index contributed by atoms with van der Waals surface area (Å²) in [7, 11) is 0. The Morgan fingerprint density at radius 2 is 1.79 bits per heavy atom. The SMILES string of the molecule is CC(CCCl)CCN(CCO)C(C)C. The molecule has 1 unspecified atom stereocenters. The van der Waals surface area contributed by atoms with Gasteiger partial charge in [-0.15, -0.1) is 11.6 Å². The summed E-state index contributed by atoms with van der Waals surface area (Å²) >= 11 is 5.68. The highest BCUT2D eigenvalue weighted by molar-refractivity contribution is 6.17. The van der Waals surface area contributed by atoms with Gasteiger partial charge in [-0.2, -0.15) is 0 Å².